The van der Waals surface area contributed by atoms with Crippen LogP contribution in [0.4, 0.5) is 0 Å². The van der Waals surface area contributed by atoms with Gasteiger partial charge in [-0.25, -0.2) is 0 Å². The molecule has 0 bridgehead atoms. The van der Waals surface area contributed by atoms with E-state index in [1.54, 1.807) is 0 Å². The van der Waals surface area contributed by atoms with E-state index >= 15 is 0 Å². The fourth-order valence-electron chi connectivity index (χ4n) is 2.34. The van der Waals surface area contributed by atoms with Crippen LogP contribution in [0.3, 0.4) is 0 Å². The molecule has 0 aliphatic heterocycles. The molecule has 0 saturated carbocycles. The Morgan fingerprint density at radius 2 is 1.40 bits per heavy atom. The Bertz CT molecular complexity index is 586. The molecular weight excluding hydrogens is 264 g/mol. The zero-order valence-electron chi connectivity index (χ0n) is 13.0. The van der Waals surface area contributed by atoms with E-state index in [9.17, 15) is 0 Å². The molecule has 0 fully saturated rings. The molecule has 0 heterocycles. The van der Waals surface area contributed by atoms with E-state index in [0.29, 0.717) is 5.92 Å². The molecule has 0 nitrogen and oxygen atoms in total. The Labute approximate surface area is 127 Å². The number of rotatable bonds is 2. The first-order valence-electron chi connectivity index (χ1n) is 7.19. The van der Waals surface area contributed by atoms with Crippen LogP contribution in [-0.2, 0) is 5.41 Å². The fourth-order valence-corrected chi connectivity index (χ4v) is 2.74. The molecule has 0 radical (unpaired) electrons. The standard InChI is InChI=1S/C19H23Cl/c1-13(2)17-11-8-15(12-18(17)20)14-6-9-16(10-7-14)19(3,4)5/h6-13H,1-5H3. The smallest absolute Gasteiger partial charge is 0.0446 e. The molecule has 0 saturated heterocycles. The topological polar surface area (TPSA) is 0 Å². The summed E-state index contributed by atoms with van der Waals surface area (Å²) >= 11 is 6.38. The van der Waals surface area contributed by atoms with Gasteiger partial charge in [-0.3, -0.25) is 0 Å². The SMILES string of the molecule is CC(C)c1ccc(-c2ccc(C(C)(C)C)cc2)cc1Cl. The molecule has 106 valence electrons. The molecule has 0 aliphatic rings. The van der Waals surface area contributed by atoms with E-state index < -0.39 is 0 Å². The van der Waals surface area contributed by atoms with Crippen molar-refractivity contribution in [2.45, 2.75) is 46.0 Å². The van der Waals surface area contributed by atoms with Gasteiger partial charge < -0.3 is 0 Å². The van der Waals surface area contributed by atoms with Crippen LogP contribution >= 0.6 is 11.6 Å². The van der Waals surface area contributed by atoms with Crippen LogP contribution in [-0.4, -0.2) is 0 Å². The maximum atomic E-state index is 6.38. The van der Waals surface area contributed by atoms with Crippen LogP contribution in [0.15, 0.2) is 42.5 Å². The molecule has 0 atom stereocenters. The lowest BCUT2D eigenvalue weighted by Crippen LogP contribution is -2.10. The molecule has 2 rings (SSSR count). The quantitative estimate of drug-likeness (QED) is 0.597. The van der Waals surface area contributed by atoms with Gasteiger partial charge in [0.25, 0.3) is 0 Å². The highest BCUT2D eigenvalue weighted by molar-refractivity contribution is 6.31. The van der Waals surface area contributed by atoms with Crippen molar-refractivity contribution in [3.05, 3.63) is 58.6 Å². The summed E-state index contributed by atoms with van der Waals surface area (Å²) in [6.45, 7) is 11.0. The molecule has 2 aromatic carbocycles. The third kappa shape index (κ3) is 3.24. The van der Waals surface area contributed by atoms with Crippen LogP contribution in [0.5, 0.6) is 0 Å². The zero-order valence-corrected chi connectivity index (χ0v) is 13.8. The highest BCUT2D eigenvalue weighted by atomic mass is 35.5. The summed E-state index contributed by atoms with van der Waals surface area (Å²) in [7, 11) is 0. The molecule has 0 spiro atoms. The molecule has 0 amide bonds. The number of hydrogen-bond donors (Lipinski definition) is 0. The number of hydrogen-bond acceptors (Lipinski definition) is 0. The number of benzene rings is 2. The van der Waals surface area contributed by atoms with Gasteiger partial charge in [-0.05, 0) is 39.7 Å². The highest BCUT2D eigenvalue weighted by Gasteiger charge is 2.13. The Hall–Kier alpha value is -1.27. The lowest BCUT2D eigenvalue weighted by molar-refractivity contribution is 0.590. The summed E-state index contributed by atoms with van der Waals surface area (Å²) < 4.78 is 0. The van der Waals surface area contributed by atoms with E-state index in [-0.39, 0.29) is 5.41 Å². The van der Waals surface area contributed by atoms with E-state index in [4.69, 9.17) is 11.6 Å². The third-order valence-corrected chi connectivity index (χ3v) is 4.03. The van der Waals surface area contributed by atoms with Crippen LogP contribution in [0.1, 0.15) is 51.7 Å². The first kappa shape index (κ1) is 15.1. The maximum Gasteiger partial charge on any atom is 0.0446 e. The van der Waals surface area contributed by atoms with E-state index in [2.05, 4.69) is 77.1 Å². The molecular formula is C19H23Cl. The lowest BCUT2D eigenvalue weighted by Gasteiger charge is -2.19. The summed E-state index contributed by atoms with van der Waals surface area (Å²) in [5, 5.41) is 0.859. The monoisotopic (exact) mass is 286 g/mol. The minimum Gasteiger partial charge on any atom is -0.0840 e. The summed E-state index contributed by atoms with van der Waals surface area (Å²) in [4.78, 5) is 0. The molecule has 20 heavy (non-hydrogen) atoms. The van der Waals surface area contributed by atoms with Crippen molar-refractivity contribution >= 4 is 11.6 Å². The Balaban J connectivity index is 2.35. The largest absolute Gasteiger partial charge is 0.0840 e. The number of halogens is 1. The minimum absolute atomic E-state index is 0.192. The Morgan fingerprint density at radius 1 is 0.850 bits per heavy atom. The molecule has 0 aromatic heterocycles. The fraction of sp³-hybridized carbons (Fsp3) is 0.368. The lowest BCUT2D eigenvalue weighted by atomic mass is 9.86. The van der Waals surface area contributed by atoms with Gasteiger partial charge >= 0.3 is 0 Å². The van der Waals surface area contributed by atoms with Crippen molar-refractivity contribution in [2.75, 3.05) is 0 Å². The van der Waals surface area contributed by atoms with Crippen molar-refractivity contribution in [1.29, 1.82) is 0 Å². The predicted molar refractivity (Wildman–Crippen MR) is 89.7 cm³/mol. The Morgan fingerprint density at radius 3 is 1.85 bits per heavy atom. The van der Waals surface area contributed by atoms with Crippen molar-refractivity contribution in [3.8, 4) is 11.1 Å². The predicted octanol–water partition coefficient (Wildman–Crippen LogP) is 6.43. The normalized spacial score (nSPS) is 11.9. The summed E-state index contributed by atoms with van der Waals surface area (Å²) in [6.07, 6.45) is 0. The van der Waals surface area contributed by atoms with Crippen molar-refractivity contribution in [1.82, 2.24) is 0 Å². The van der Waals surface area contributed by atoms with Gasteiger partial charge in [-0.1, -0.05) is 82.6 Å². The van der Waals surface area contributed by atoms with E-state index in [1.165, 1.54) is 22.3 Å². The maximum absolute atomic E-state index is 6.38. The van der Waals surface area contributed by atoms with Gasteiger partial charge in [0, 0.05) is 5.02 Å². The van der Waals surface area contributed by atoms with Crippen molar-refractivity contribution in [3.63, 3.8) is 0 Å². The average Bonchev–Trinajstić information content (AvgIpc) is 2.37. The van der Waals surface area contributed by atoms with Crippen LogP contribution in [0.25, 0.3) is 11.1 Å². The van der Waals surface area contributed by atoms with Gasteiger partial charge in [0.1, 0.15) is 0 Å². The van der Waals surface area contributed by atoms with Crippen molar-refractivity contribution < 1.29 is 0 Å². The second kappa shape index (κ2) is 5.61. The van der Waals surface area contributed by atoms with Gasteiger partial charge in [0.15, 0.2) is 0 Å². The van der Waals surface area contributed by atoms with Crippen LogP contribution in [0.2, 0.25) is 5.02 Å². The summed E-state index contributed by atoms with van der Waals surface area (Å²) in [6, 6.07) is 15.2. The average molecular weight is 287 g/mol. The van der Waals surface area contributed by atoms with E-state index in [1.807, 2.05) is 0 Å². The van der Waals surface area contributed by atoms with Gasteiger partial charge in [-0.2, -0.15) is 0 Å². The summed E-state index contributed by atoms with van der Waals surface area (Å²) in [5.74, 6) is 0.458. The molecule has 1 heteroatoms. The van der Waals surface area contributed by atoms with Gasteiger partial charge in [0.05, 0.1) is 0 Å². The first-order chi connectivity index (χ1) is 9.29. The Kier molecular flexibility index (Phi) is 4.25. The third-order valence-electron chi connectivity index (χ3n) is 3.71. The highest BCUT2D eigenvalue weighted by Crippen LogP contribution is 2.31. The van der Waals surface area contributed by atoms with Crippen LogP contribution < -0.4 is 0 Å². The summed E-state index contributed by atoms with van der Waals surface area (Å²) in [5.41, 5.74) is 5.15. The van der Waals surface area contributed by atoms with Crippen LogP contribution in [0, 0.1) is 0 Å². The first-order valence-corrected chi connectivity index (χ1v) is 7.57. The van der Waals surface area contributed by atoms with Gasteiger partial charge in [0.2, 0.25) is 0 Å². The second-order valence-corrected chi connectivity index (χ2v) is 7.13. The molecule has 0 unspecified atom stereocenters. The minimum atomic E-state index is 0.192. The van der Waals surface area contributed by atoms with E-state index in [0.717, 1.165) is 5.02 Å². The molecule has 0 N–H and O–H groups in total. The zero-order chi connectivity index (χ0) is 14.9. The van der Waals surface area contributed by atoms with Gasteiger partial charge in [-0.15, -0.1) is 0 Å². The molecule has 0 aliphatic carbocycles. The van der Waals surface area contributed by atoms with Crippen molar-refractivity contribution in [2.24, 2.45) is 0 Å². The molecule has 2 aromatic rings. The second-order valence-electron chi connectivity index (χ2n) is 6.72.